The zero-order chi connectivity index (χ0) is 18.2. The maximum absolute atomic E-state index is 12.2. The number of carbonyl (C=O) groups is 1. The number of ether oxygens (including phenoxy) is 3. The third-order valence-electron chi connectivity index (χ3n) is 4.04. The van der Waals surface area contributed by atoms with Gasteiger partial charge < -0.3 is 19.5 Å². The van der Waals surface area contributed by atoms with Crippen LogP contribution in [0, 0.1) is 0 Å². The molecule has 0 heterocycles. The molecule has 0 aliphatic carbocycles. The lowest BCUT2D eigenvalue weighted by Crippen LogP contribution is -2.26. The molecule has 0 saturated carbocycles. The quantitative estimate of drug-likeness (QED) is 0.797. The van der Waals surface area contributed by atoms with E-state index < -0.39 is 0 Å². The van der Waals surface area contributed by atoms with Crippen LogP contribution in [0.1, 0.15) is 30.5 Å². The Morgan fingerprint density at radius 3 is 2.12 bits per heavy atom. The molecule has 0 unspecified atom stereocenters. The second kappa shape index (κ2) is 8.97. The van der Waals surface area contributed by atoms with Crippen LogP contribution in [0.15, 0.2) is 42.5 Å². The molecule has 5 heteroatoms. The molecule has 5 nitrogen and oxygen atoms in total. The van der Waals surface area contributed by atoms with Gasteiger partial charge in [0.1, 0.15) is 0 Å². The standard InChI is InChI=1S/C20H25NO4/c1-14(16-8-6-5-7-9-16)21-19(22)11-10-15-12-17(23-2)20(25-4)18(13-15)24-3/h5-9,12-14H,10-11H2,1-4H3,(H,21,22)/t14-/m1/s1. The van der Waals surface area contributed by atoms with Gasteiger partial charge in [-0.3, -0.25) is 4.79 Å². The van der Waals surface area contributed by atoms with Crippen molar-refractivity contribution in [1.29, 1.82) is 0 Å². The third-order valence-corrected chi connectivity index (χ3v) is 4.04. The summed E-state index contributed by atoms with van der Waals surface area (Å²) in [6.45, 7) is 1.98. The molecule has 134 valence electrons. The Hall–Kier alpha value is -2.69. The summed E-state index contributed by atoms with van der Waals surface area (Å²) < 4.78 is 16.0. The van der Waals surface area contributed by atoms with Crippen LogP contribution in [0.5, 0.6) is 17.2 Å². The van der Waals surface area contributed by atoms with Crippen LogP contribution >= 0.6 is 0 Å². The monoisotopic (exact) mass is 343 g/mol. The lowest BCUT2D eigenvalue weighted by atomic mass is 10.1. The largest absolute Gasteiger partial charge is 0.493 e. The molecule has 0 aromatic heterocycles. The number of methoxy groups -OCH3 is 3. The Morgan fingerprint density at radius 2 is 1.60 bits per heavy atom. The van der Waals surface area contributed by atoms with Gasteiger partial charge in [-0.15, -0.1) is 0 Å². The molecule has 1 N–H and O–H groups in total. The fraction of sp³-hybridized carbons (Fsp3) is 0.350. The van der Waals surface area contributed by atoms with Crippen molar-refractivity contribution in [3.63, 3.8) is 0 Å². The Bertz CT molecular complexity index is 675. The zero-order valence-electron chi connectivity index (χ0n) is 15.2. The number of hydrogen-bond acceptors (Lipinski definition) is 4. The van der Waals surface area contributed by atoms with E-state index >= 15 is 0 Å². The molecule has 0 bridgehead atoms. The first-order chi connectivity index (χ1) is 12.1. The van der Waals surface area contributed by atoms with Gasteiger partial charge in [-0.25, -0.2) is 0 Å². The lowest BCUT2D eigenvalue weighted by molar-refractivity contribution is -0.121. The van der Waals surface area contributed by atoms with Crippen molar-refractivity contribution in [3.8, 4) is 17.2 Å². The summed E-state index contributed by atoms with van der Waals surface area (Å²) in [5, 5.41) is 3.02. The summed E-state index contributed by atoms with van der Waals surface area (Å²) in [4.78, 5) is 12.2. The van der Waals surface area contributed by atoms with Crippen LogP contribution in [0.25, 0.3) is 0 Å². The smallest absolute Gasteiger partial charge is 0.220 e. The zero-order valence-corrected chi connectivity index (χ0v) is 15.2. The highest BCUT2D eigenvalue weighted by molar-refractivity contribution is 5.76. The van der Waals surface area contributed by atoms with Crippen molar-refractivity contribution >= 4 is 5.91 Å². The first kappa shape index (κ1) is 18.6. The molecule has 0 aliphatic rings. The Balaban J connectivity index is 1.99. The molecule has 0 spiro atoms. The molecule has 25 heavy (non-hydrogen) atoms. The van der Waals surface area contributed by atoms with E-state index in [1.165, 1.54) is 0 Å². The summed E-state index contributed by atoms with van der Waals surface area (Å²) >= 11 is 0. The molecule has 2 aromatic carbocycles. The van der Waals surface area contributed by atoms with Crippen molar-refractivity contribution in [2.45, 2.75) is 25.8 Å². The minimum absolute atomic E-state index is 0.00473. The highest BCUT2D eigenvalue weighted by Gasteiger charge is 2.14. The first-order valence-corrected chi connectivity index (χ1v) is 8.22. The number of rotatable bonds is 8. The second-order valence-corrected chi connectivity index (χ2v) is 5.73. The minimum atomic E-state index is -0.0198. The van der Waals surface area contributed by atoms with Crippen molar-refractivity contribution in [3.05, 3.63) is 53.6 Å². The van der Waals surface area contributed by atoms with Crippen LogP contribution < -0.4 is 19.5 Å². The summed E-state index contributed by atoms with van der Waals surface area (Å²) in [7, 11) is 4.73. The second-order valence-electron chi connectivity index (χ2n) is 5.73. The molecular weight excluding hydrogens is 318 g/mol. The van der Waals surface area contributed by atoms with E-state index in [0.717, 1.165) is 11.1 Å². The van der Waals surface area contributed by atoms with Gasteiger partial charge >= 0.3 is 0 Å². The average Bonchev–Trinajstić information content (AvgIpc) is 2.65. The van der Waals surface area contributed by atoms with E-state index in [0.29, 0.717) is 30.1 Å². The van der Waals surface area contributed by atoms with Crippen LogP contribution in [0.3, 0.4) is 0 Å². The van der Waals surface area contributed by atoms with E-state index in [4.69, 9.17) is 14.2 Å². The Labute approximate surface area is 148 Å². The molecule has 1 amide bonds. The van der Waals surface area contributed by atoms with Crippen molar-refractivity contribution in [2.75, 3.05) is 21.3 Å². The molecule has 2 aromatic rings. The number of nitrogens with one attached hydrogen (secondary N) is 1. The van der Waals surface area contributed by atoms with E-state index in [-0.39, 0.29) is 11.9 Å². The predicted octanol–water partition coefficient (Wildman–Crippen LogP) is 3.52. The van der Waals surface area contributed by atoms with Gasteiger partial charge in [0.05, 0.1) is 27.4 Å². The van der Waals surface area contributed by atoms with E-state index in [1.807, 2.05) is 49.4 Å². The normalized spacial score (nSPS) is 11.5. The fourth-order valence-corrected chi connectivity index (χ4v) is 2.68. The SMILES string of the molecule is COc1cc(CCC(=O)N[C@H](C)c2ccccc2)cc(OC)c1OC. The van der Waals surface area contributed by atoms with Crippen LogP contribution in [0.4, 0.5) is 0 Å². The van der Waals surface area contributed by atoms with Gasteiger partial charge in [0, 0.05) is 6.42 Å². The predicted molar refractivity (Wildman–Crippen MR) is 97.4 cm³/mol. The molecule has 2 rings (SSSR count). The average molecular weight is 343 g/mol. The molecule has 0 radical (unpaired) electrons. The Kier molecular flexibility index (Phi) is 6.69. The number of aryl methyl sites for hydroxylation is 1. The molecular formula is C20H25NO4. The summed E-state index contributed by atoms with van der Waals surface area (Å²) in [5.41, 5.74) is 2.04. The topological polar surface area (TPSA) is 56.8 Å². The van der Waals surface area contributed by atoms with E-state index in [2.05, 4.69) is 5.32 Å². The number of carbonyl (C=O) groups excluding carboxylic acids is 1. The summed E-state index contributed by atoms with van der Waals surface area (Å²) in [5.74, 6) is 1.74. The highest BCUT2D eigenvalue weighted by Crippen LogP contribution is 2.38. The molecule has 0 fully saturated rings. The number of benzene rings is 2. The Morgan fingerprint density at radius 1 is 1.00 bits per heavy atom. The van der Waals surface area contributed by atoms with Gasteiger partial charge in [-0.05, 0) is 36.6 Å². The van der Waals surface area contributed by atoms with Gasteiger partial charge in [-0.2, -0.15) is 0 Å². The third kappa shape index (κ3) is 4.89. The van der Waals surface area contributed by atoms with Gasteiger partial charge in [0.25, 0.3) is 0 Å². The minimum Gasteiger partial charge on any atom is -0.493 e. The van der Waals surface area contributed by atoms with Crippen LogP contribution in [-0.2, 0) is 11.2 Å². The summed E-state index contributed by atoms with van der Waals surface area (Å²) in [6.07, 6.45) is 0.972. The molecule has 1 atom stereocenters. The molecule has 0 saturated heterocycles. The first-order valence-electron chi connectivity index (χ1n) is 8.22. The highest BCUT2D eigenvalue weighted by atomic mass is 16.5. The van der Waals surface area contributed by atoms with Gasteiger partial charge in [-0.1, -0.05) is 30.3 Å². The molecule has 0 aliphatic heterocycles. The lowest BCUT2D eigenvalue weighted by Gasteiger charge is -2.15. The fourth-order valence-electron chi connectivity index (χ4n) is 2.68. The van der Waals surface area contributed by atoms with Crippen LogP contribution in [0.2, 0.25) is 0 Å². The van der Waals surface area contributed by atoms with E-state index in [1.54, 1.807) is 21.3 Å². The number of hydrogen-bond donors (Lipinski definition) is 1. The van der Waals surface area contributed by atoms with Crippen molar-refractivity contribution in [2.24, 2.45) is 0 Å². The van der Waals surface area contributed by atoms with Gasteiger partial charge in [0.15, 0.2) is 11.5 Å². The number of amides is 1. The maximum Gasteiger partial charge on any atom is 0.220 e. The maximum atomic E-state index is 12.2. The van der Waals surface area contributed by atoms with Crippen molar-refractivity contribution < 1.29 is 19.0 Å². The van der Waals surface area contributed by atoms with E-state index in [9.17, 15) is 4.79 Å². The van der Waals surface area contributed by atoms with Crippen molar-refractivity contribution in [1.82, 2.24) is 5.32 Å². The summed E-state index contributed by atoms with van der Waals surface area (Å²) in [6, 6.07) is 13.6. The van der Waals surface area contributed by atoms with Gasteiger partial charge in [0.2, 0.25) is 11.7 Å². The van der Waals surface area contributed by atoms with Crippen LogP contribution in [-0.4, -0.2) is 27.2 Å².